The Bertz CT molecular complexity index is 1420. The number of Topliss-reactive ketones (excluding diaryl/α,β-unsaturated/α-hetero) is 1. The highest BCUT2D eigenvalue weighted by Crippen LogP contribution is 2.58. The van der Waals surface area contributed by atoms with E-state index >= 15 is 0 Å². The van der Waals surface area contributed by atoms with Crippen molar-refractivity contribution in [3.05, 3.63) is 125 Å². The lowest BCUT2D eigenvalue weighted by atomic mass is 9.50. The van der Waals surface area contributed by atoms with E-state index in [1.54, 1.807) is 18.2 Å². The predicted molar refractivity (Wildman–Crippen MR) is 141 cm³/mol. The van der Waals surface area contributed by atoms with Crippen LogP contribution in [0.5, 0.6) is 11.5 Å². The van der Waals surface area contributed by atoms with Gasteiger partial charge in [-0.15, -0.1) is 0 Å². The molecule has 180 valence electrons. The number of rotatable bonds is 5. The van der Waals surface area contributed by atoms with E-state index in [1.165, 1.54) is 13.2 Å². The number of aromatic hydroxyl groups is 1. The Morgan fingerprint density at radius 1 is 1.06 bits per heavy atom. The smallest absolute Gasteiger partial charge is 0.176 e. The number of phenolic OH excluding ortho intramolecular Hbond substituents is 1. The van der Waals surface area contributed by atoms with Gasteiger partial charge in [0.1, 0.15) is 0 Å². The number of carbonyl (C=O) groups is 2. The third-order valence-electron chi connectivity index (χ3n) is 7.37. The molecule has 3 atom stereocenters. The monoisotopic (exact) mass is 496 g/mol. The third-order valence-corrected chi connectivity index (χ3v) is 7.66. The van der Waals surface area contributed by atoms with Gasteiger partial charge in [-0.25, -0.2) is 0 Å². The highest BCUT2D eigenvalue weighted by atomic mass is 35.5. The van der Waals surface area contributed by atoms with Crippen LogP contribution in [0.3, 0.4) is 0 Å². The van der Waals surface area contributed by atoms with Crippen molar-refractivity contribution in [1.82, 2.24) is 0 Å². The van der Waals surface area contributed by atoms with Crippen LogP contribution in [0.1, 0.15) is 29.0 Å². The van der Waals surface area contributed by atoms with Gasteiger partial charge in [0.2, 0.25) is 0 Å². The summed E-state index contributed by atoms with van der Waals surface area (Å²) in [6.07, 6.45) is 5.60. The molecule has 5 rings (SSSR count). The first-order valence-electron chi connectivity index (χ1n) is 11.7. The molecule has 0 saturated heterocycles. The maximum atomic E-state index is 14.4. The molecule has 3 aromatic carbocycles. The molecule has 5 heteroatoms. The van der Waals surface area contributed by atoms with E-state index in [-0.39, 0.29) is 28.1 Å². The third kappa shape index (κ3) is 3.52. The lowest BCUT2D eigenvalue weighted by molar-refractivity contribution is -0.131. The molecule has 36 heavy (non-hydrogen) atoms. The van der Waals surface area contributed by atoms with Crippen LogP contribution in [0.15, 0.2) is 103 Å². The van der Waals surface area contributed by atoms with Crippen molar-refractivity contribution < 1.29 is 19.4 Å². The number of ketones is 2. The first-order valence-corrected chi connectivity index (χ1v) is 12.1. The molecule has 0 heterocycles. The summed E-state index contributed by atoms with van der Waals surface area (Å²) in [4.78, 5) is 28.6. The molecule has 2 aliphatic rings. The average Bonchev–Trinajstić information content (AvgIpc) is 2.92. The molecule has 0 radical (unpaired) electrons. The molecule has 0 bridgehead atoms. The lowest BCUT2D eigenvalue weighted by Crippen LogP contribution is -2.54. The van der Waals surface area contributed by atoms with Gasteiger partial charge >= 0.3 is 0 Å². The number of fused-ring (bicyclic) bond motifs is 1. The van der Waals surface area contributed by atoms with E-state index < -0.39 is 17.3 Å². The Morgan fingerprint density at radius 3 is 2.36 bits per heavy atom. The molecule has 3 aromatic rings. The number of hydrogen-bond acceptors (Lipinski definition) is 4. The highest BCUT2D eigenvalue weighted by molar-refractivity contribution is 6.33. The van der Waals surface area contributed by atoms with E-state index in [1.807, 2.05) is 66.7 Å². The van der Waals surface area contributed by atoms with Crippen molar-refractivity contribution in [2.45, 2.75) is 17.8 Å². The number of carbonyl (C=O) groups excluding carboxylic acids is 2. The second-order valence-corrected chi connectivity index (χ2v) is 9.48. The summed E-state index contributed by atoms with van der Waals surface area (Å²) in [5.41, 5.74) is 2.15. The Kier molecular flexibility index (Phi) is 6.15. The van der Waals surface area contributed by atoms with Crippen LogP contribution in [-0.2, 0) is 15.0 Å². The van der Waals surface area contributed by atoms with E-state index in [9.17, 15) is 14.7 Å². The van der Waals surface area contributed by atoms with Gasteiger partial charge in [-0.05, 0) is 46.9 Å². The number of allylic oxidation sites excluding steroid dienone is 5. The Balaban J connectivity index is 1.83. The zero-order valence-electron chi connectivity index (χ0n) is 19.8. The molecule has 2 aliphatic carbocycles. The molecular weight excluding hydrogens is 472 g/mol. The molecule has 1 N–H and O–H groups in total. The van der Waals surface area contributed by atoms with Crippen LogP contribution < -0.4 is 4.74 Å². The fraction of sp³-hybridized carbons (Fsp3) is 0.161. The quantitative estimate of drug-likeness (QED) is 0.441. The topological polar surface area (TPSA) is 63.6 Å². The SMILES string of the molecule is C=CC1=CCC2C(=O)C(c3ccccc3)=CC(=O)C2(c2ccccc2)C1c1cc(Cl)c(O)c(OC)c1. The van der Waals surface area contributed by atoms with Crippen molar-refractivity contribution in [2.24, 2.45) is 5.92 Å². The number of ether oxygens (including phenoxy) is 1. The maximum Gasteiger partial charge on any atom is 0.176 e. The molecule has 0 aromatic heterocycles. The van der Waals surface area contributed by atoms with Gasteiger partial charge in [0, 0.05) is 17.4 Å². The summed E-state index contributed by atoms with van der Waals surface area (Å²) in [6, 6.07) is 22.1. The van der Waals surface area contributed by atoms with Gasteiger partial charge < -0.3 is 9.84 Å². The molecule has 0 aliphatic heterocycles. The lowest BCUT2D eigenvalue weighted by Gasteiger charge is -2.49. The zero-order chi connectivity index (χ0) is 25.4. The molecular formula is C31H25ClO4. The van der Waals surface area contributed by atoms with Crippen LogP contribution in [0.2, 0.25) is 5.02 Å². The largest absolute Gasteiger partial charge is 0.503 e. The fourth-order valence-electron chi connectivity index (χ4n) is 5.80. The number of methoxy groups -OCH3 is 1. The van der Waals surface area contributed by atoms with Gasteiger partial charge in [0.15, 0.2) is 23.1 Å². The minimum Gasteiger partial charge on any atom is -0.503 e. The number of halogens is 1. The van der Waals surface area contributed by atoms with Crippen molar-refractivity contribution in [3.63, 3.8) is 0 Å². The predicted octanol–water partition coefficient (Wildman–Crippen LogP) is 6.44. The summed E-state index contributed by atoms with van der Waals surface area (Å²) in [5, 5.41) is 10.5. The van der Waals surface area contributed by atoms with Gasteiger partial charge in [-0.1, -0.05) is 91.0 Å². The molecule has 3 unspecified atom stereocenters. The van der Waals surface area contributed by atoms with Crippen LogP contribution in [0.4, 0.5) is 0 Å². The van der Waals surface area contributed by atoms with Crippen molar-refractivity contribution in [1.29, 1.82) is 0 Å². The summed E-state index contributed by atoms with van der Waals surface area (Å²) in [5.74, 6) is -1.43. The van der Waals surface area contributed by atoms with Crippen LogP contribution in [0.25, 0.3) is 5.57 Å². The molecule has 0 fully saturated rings. The first kappa shape index (κ1) is 23.8. The Morgan fingerprint density at radius 2 is 1.72 bits per heavy atom. The van der Waals surface area contributed by atoms with Crippen molar-refractivity contribution in [2.75, 3.05) is 7.11 Å². The Labute approximate surface area is 215 Å². The highest BCUT2D eigenvalue weighted by Gasteiger charge is 2.59. The molecule has 0 saturated carbocycles. The first-order chi connectivity index (χ1) is 17.4. The van der Waals surface area contributed by atoms with E-state index in [0.29, 0.717) is 17.6 Å². The standard InChI is InChI=1S/C31H25ClO4/c1-3-19-14-15-24-29(34)23(20-10-6-4-7-11-20)18-27(33)31(24,22-12-8-5-9-13-22)28(19)21-16-25(32)30(35)26(17-21)36-2/h3-14,16-18,24,28,35H,1,15H2,2H3. The van der Waals surface area contributed by atoms with Crippen molar-refractivity contribution >= 4 is 28.7 Å². The minimum atomic E-state index is -1.22. The summed E-state index contributed by atoms with van der Waals surface area (Å²) < 4.78 is 5.38. The van der Waals surface area contributed by atoms with Gasteiger partial charge in [0.05, 0.1) is 17.5 Å². The number of hydrogen-bond donors (Lipinski definition) is 1. The minimum absolute atomic E-state index is 0.0779. The van der Waals surface area contributed by atoms with E-state index in [4.69, 9.17) is 16.3 Å². The normalized spacial score (nSPS) is 23.4. The van der Waals surface area contributed by atoms with Gasteiger partial charge in [0.25, 0.3) is 0 Å². The van der Waals surface area contributed by atoms with Crippen LogP contribution in [0, 0.1) is 5.92 Å². The zero-order valence-corrected chi connectivity index (χ0v) is 20.5. The van der Waals surface area contributed by atoms with E-state index in [0.717, 1.165) is 16.7 Å². The average molecular weight is 497 g/mol. The van der Waals surface area contributed by atoms with Crippen LogP contribution in [-0.4, -0.2) is 23.8 Å². The number of phenols is 1. The maximum absolute atomic E-state index is 14.4. The van der Waals surface area contributed by atoms with Gasteiger partial charge in [-0.3, -0.25) is 9.59 Å². The summed E-state index contributed by atoms with van der Waals surface area (Å²) >= 11 is 6.40. The van der Waals surface area contributed by atoms with Crippen molar-refractivity contribution in [3.8, 4) is 11.5 Å². The summed E-state index contributed by atoms with van der Waals surface area (Å²) in [7, 11) is 1.44. The molecule has 4 nitrogen and oxygen atoms in total. The molecule has 0 amide bonds. The second kappa shape index (κ2) is 9.29. The summed E-state index contributed by atoms with van der Waals surface area (Å²) in [6.45, 7) is 4.02. The van der Waals surface area contributed by atoms with E-state index in [2.05, 4.69) is 6.58 Å². The van der Waals surface area contributed by atoms with Crippen LogP contribution >= 0.6 is 11.6 Å². The second-order valence-electron chi connectivity index (χ2n) is 9.07. The fourth-order valence-corrected chi connectivity index (χ4v) is 6.02. The van der Waals surface area contributed by atoms with Gasteiger partial charge in [-0.2, -0.15) is 0 Å². The molecule has 0 spiro atoms. The number of benzene rings is 3. The Hall–Kier alpha value is -3.89.